The van der Waals surface area contributed by atoms with Gasteiger partial charge < -0.3 is 20.5 Å². The summed E-state index contributed by atoms with van der Waals surface area (Å²) in [4.78, 5) is 35.2. The molecule has 1 heterocycles. The molecule has 7 nitrogen and oxygen atoms in total. The van der Waals surface area contributed by atoms with E-state index in [9.17, 15) is 19.5 Å². The summed E-state index contributed by atoms with van der Waals surface area (Å²) in [5.74, 6) is -1.66. The lowest BCUT2D eigenvalue weighted by molar-refractivity contribution is -0.141. The van der Waals surface area contributed by atoms with E-state index in [-0.39, 0.29) is 17.7 Å². The first kappa shape index (κ1) is 13.9. The summed E-state index contributed by atoms with van der Waals surface area (Å²) in [6.45, 7) is 1.12. The molecule has 1 unspecified atom stereocenters. The van der Waals surface area contributed by atoms with Crippen LogP contribution in [0, 0.1) is 0 Å². The number of rotatable bonds is 5. The van der Waals surface area contributed by atoms with Gasteiger partial charge in [-0.1, -0.05) is 0 Å². The van der Waals surface area contributed by atoms with Crippen LogP contribution in [0.4, 0.5) is 0 Å². The van der Waals surface area contributed by atoms with Crippen molar-refractivity contribution in [2.45, 2.75) is 18.9 Å². The van der Waals surface area contributed by atoms with Crippen LogP contribution in [-0.2, 0) is 4.79 Å². The van der Waals surface area contributed by atoms with Crippen molar-refractivity contribution in [1.82, 2.24) is 10.3 Å². The number of carboxylic acids is 1. The summed E-state index contributed by atoms with van der Waals surface area (Å²) in [5, 5.41) is 20.6. The lowest BCUT2D eigenvalue weighted by Crippen LogP contribution is -2.42. The van der Waals surface area contributed by atoms with Crippen LogP contribution in [-0.4, -0.2) is 39.2 Å². The van der Waals surface area contributed by atoms with Crippen LogP contribution in [0.1, 0.15) is 23.7 Å². The van der Waals surface area contributed by atoms with Gasteiger partial charge in [-0.2, -0.15) is 0 Å². The molecule has 18 heavy (non-hydrogen) atoms. The molecule has 0 aromatic carbocycles. The maximum Gasteiger partial charge on any atom is 0.306 e. The molecule has 0 saturated heterocycles. The summed E-state index contributed by atoms with van der Waals surface area (Å²) in [7, 11) is 0. The van der Waals surface area contributed by atoms with Gasteiger partial charge in [0.2, 0.25) is 5.56 Å². The molecule has 0 saturated carbocycles. The summed E-state index contributed by atoms with van der Waals surface area (Å²) in [6, 6.07) is 2.53. The number of hydrogen-bond acceptors (Lipinski definition) is 4. The molecule has 0 aliphatic heterocycles. The molecular formula is C11H14N2O5. The summed E-state index contributed by atoms with van der Waals surface area (Å²) >= 11 is 0. The van der Waals surface area contributed by atoms with Crippen LogP contribution in [0.25, 0.3) is 0 Å². The minimum Gasteiger partial charge on any atom is -0.481 e. The Bertz CT molecular complexity index is 486. The SMILES string of the molecule is CC(O)(CNC(=O)c1ccc(=O)[nH]c1)CC(=O)O. The van der Waals surface area contributed by atoms with Crippen molar-refractivity contribution < 1.29 is 19.8 Å². The predicted octanol–water partition coefficient (Wildman–Crippen LogP) is -0.670. The van der Waals surface area contributed by atoms with Crippen molar-refractivity contribution in [2.75, 3.05) is 6.54 Å². The fourth-order valence-corrected chi connectivity index (χ4v) is 1.31. The number of aromatic nitrogens is 1. The number of carbonyl (C=O) groups excluding carboxylic acids is 1. The first-order valence-electron chi connectivity index (χ1n) is 5.21. The molecule has 1 aromatic heterocycles. The lowest BCUT2D eigenvalue weighted by atomic mass is 10.0. The molecule has 1 amide bonds. The monoisotopic (exact) mass is 254 g/mol. The second-order valence-corrected chi connectivity index (χ2v) is 4.19. The fraction of sp³-hybridized carbons (Fsp3) is 0.364. The van der Waals surface area contributed by atoms with E-state index in [0.717, 1.165) is 0 Å². The van der Waals surface area contributed by atoms with Crippen LogP contribution in [0.15, 0.2) is 23.1 Å². The Balaban J connectivity index is 2.58. The number of amides is 1. The molecule has 1 aromatic rings. The number of aliphatic carboxylic acids is 1. The maximum atomic E-state index is 11.6. The van der Waals surface area contributed by atoms with Gasteiger partial charge in [-0.3, -0.25) is 14.4 Å². The highest BCUT2D eigenvalue weighted by molar-refractivity contribution is 5.93. The van der Waals surface area contributed by atoms with Crippen LogP contribution >= 0.6 is 0 Å². The largest absolute Gasteiger partial charge is 0.481 e. The summed E-state index contributed by atoms with van der Waals surface area (Å²) in [6.07, 6.45) is 0.766. The Labute approximate surface area is 102 Å². The number of nitrogens with one attached hydrogen (secondary N) is 2. The molecule has 0 spiro atoms. The zero-order valence-electron chi connectivity index (χ0n) is 9.77. The van der Waals surface area contributed by atoms with Gasteiger partial charge in [0, 0.05) is 18.8 Å². The highest BCUT2D eigenvalue weighted by Crippen LogP contribution is 2.07. The zero-order chi connectivity index (χ0) is 13.8. The van der Waals surface area contributed by atoms with Crippen LogP contribution < -0.4 is 10.9 Å². The number of aromatic amines is 1. The Morgan fingerprint density at radius 1 is 1.44 bits per heavy atom. The van der Waals surface area contributed by atoms with Crippen LogP contribution in [0.2, 0.25) is 0 Å². The Morgan fingerprint density at radius 3 is 2.61 bits per heavy atom. The molecule has 0 radical (unpaired) electrons. The molecule has 7 heteroatoms. The van der Waals surface area contributed by atoms with Crippen molar-refractivity contribution in [3.63, 3.8) is 0 Å². The summed E-state index contributed by atoms with van der Waals surface area (Å²) < 4.78 is 0. The van der Waals surface area contributed by atoms with Gasteiger partial charge in [-0.15, -0.1) is 0 Å². The van der Waals surface area contributed by atoms with Crippen molar-refractivity contribution in [3.8, 4) is 0 Å². The zero-order valence-corrected chi connectivity index (χ0v) is 9.77. The standard InChI is InChI=1S/C11H14N2O5/c1-11(18,4-9(15)16)6-13-10(17)7-2-3-8(14)12-5-7/h2-3,5,18H,4,6H2,1H3,(H,12,14)(H,13,17)(H,15,16). The topological polar surface area (TPSA) is 119 Å². The minimum absolute atomic E-state index is 0.197. The van der Waals surface area contributed by atoms with Gasteiger partial charge in [-0.05, 0) is 13.0 Å². The second-order valence-electron chi connectivity index (χ2n) is 4.19. The minimum atomic E-state index is -1.52. The van der Waals surface area contributed by atoms with Gasteiger partial charge in [-0.25, -0.2) is 0 Å². The number of H-pyrrole nitrogens is 1. The molecule has 0 bridgehead atoms. The lowest BCUT2D eigenvalue weighted by Gasteiger charge is -2.21. The molecule has 0 fully saturated rings. The second kappa shape index (κ2) is 5.46. The van der Waals surface area contributed by atoms with E-state index in [1.54, 1.807) is 0 Å². The number of aliphatic hydroxyl groups is 1. The Kier molecular flexibility index (Phi) is 4.22. The third kappa shape index (κ3) is 4.38. The average Bonchev–Trinajstić information content (AvgIpc) is 2.25. The van der Waals surface area contributed by atoms with E-state index < -0.39 is 23.9 Å². The molecule has 4 N–H and O–H groups in total. The molecular weight excluding hydrogens is 240 g/mol. The quantitative estimate of drug-likeness (QED) is 0.555. The molecule has 1 atom stereocenters. The first-order valence-corrected chi connectivity index (χ1v) is 5.21. The van der Waals surface area contributed by atoms with Crippen molar-refractivity contribution in [1.29, 1.82) is 0 Å². The van der Waals surface area contributed by atoms with Gasteiger partial charge >= 0.3 is 5.97 Å². The highest BCUT2D eigenvalue weighted by atomic mass is 16.4. The van der Waals surface area contributed by atoms with Gasteiger partial charge in [0.1, 0.15) is 0 Å². The van der Waals surface area contributed by atoms with Crippen molar-refractivity contribution in [2.24, 2.45) is 0 Å². The van der Waals surface area contributed by atoms with Crippen molar-refractivity contribution >= 4 is 11.9 Å². The first-order chi connectivity index (χ1) is 8.30. The fourth-order valence-electron chi connectivity index (χ4n) is 1.31. The van der Waals surface area contributed by atoms with E-state index >= 15 is 0 Å². The van der Waals surface area contributed by atoms with Crippen LogP contribution in [0.3, 0.4) is 0 Å². The smallest absolute Gasteiger partial charge is 0.306 e. The maximum absolute atomic E-state index is 11.6. The van der Waals surface area contributed by atoms with Crippen LogP contribution in [0.5, 0.6) is 0 Å². The number of hydrogen-bond donors (Lipinski definition) is 4. The predicted molar refractivity (Wildman–Crippen MR) is 62.3 cm³/mol. The Hall–Kier alpha value is -2.15. The third-order valence-electron chi connectivity index (χ3n) is 2.21. The van der Waals surface area contributed by atoms with Gasteiger partial charge in [0.15, 0.2) is 0 Å². The van der Waals surface area contributed by atoms with E-state index in [2.05, 4.69) is 10.3 Å². The molecule has 98 valence electrons. The van der Waals surface area contributed by atoms with Gasteiger partial charge in [0.25, 0.3) is 5.91 Å². The Morgan fingerprint density at radius 2 is 2.11 bits per heavy atom. The third-order valence-corrected chi connectivity index (χ3v) is 2.21. The van der Waals surface area contributed by atoms with Crippen molar-refractivity contribution in [3.05, 3.63) is 34.2 Å². The van der Waals surface area contributed by atoms with E-state index in [1.807, 2.05) is 0 Å². The molecule has 0 aliphatic rings. The van der Waals surface area contributed by atoms with E-state index in [0.29, 0.717) is 0 Å². The molecule has 1 rings (SSSR count). The van der Waals surface area contributed by atoms with E-state index in [4.69, 9.17) is 5.11 Å². The van der Waals surface area contributed by atoms with Gasteiger partial charge in [0.05, 0.1) is 17.6 Å². The normalized spacial score (nSPS) is 13.7. The van der Waals surface area contributed by atoms with E-state index in [1.165, 1.54) is 25.3 Å². The average molecular weight is 254 g/mol. The number of carbonyl (C=O) groups is 2. The summed E-state index contributed by atoms with van der Waals surface area (Å²) in [5.41, 5.74) is -1.63. The number of pyridine rings is 1. The highest BCUT2D eigenvalue weighted by Gasteiger charge is 2.24. The molecule has 0 aliphatic carbocycles. The number of carboxylic acid groups (broad SMARTS) is 1.